The summed E-state index contributed by atoms with van der Waals surface area (Å²) in [6.07, 6.45) is 4.20. The highest BCUT2D eigenvalue weighted by atomic mass is 19.2. The molecule has 1 atom stereocenters. The van der Waals surface area contributed by atoms with Gasteiger partial charge in [0.25, 0.3) is 0 Å². The number of piperazine rings is 1. The largest absolute Gasteiger partial charge is 0.322 e. The summed E-state index contributed by atoms with van der Waals surface area (Å²) >= 11 is 0. The normalized spacial score (nSPS) is 16.8. The second kappa shape index (κ2) is 9.71. The van der Waals surface area contributed by atoms with Gasteiger partial charge in [-0.2, -0.15) is 0 Å². The molecule has 2 aromatic carbocycles. The molecule has 0 spiro atoms. The lowest BCUT2D eigenvalue weighted by Crippen LogP contribution is -2.52. The monoisotopic (exact) mass is 403 g/mol. The quantitative estimate of drug-likeness (QED) is 0.746. The Morgan fingerprint density at radius 2 is 1.72 bits per heavy atom. The molecule has 1 aliphatic heterocycles. The van der Waals surface area contributed by atoms with E-state index in [2.05, 4.69) is 22.4 Å². The van der Waals surface area contributed by atoms with E-state index in [9.17, 15) is 18.0 Å². The van der Waals surface area contributed by atoms with Gasteiger partial charge < -0.3 is 5.32 Å². The van der Waals surface area contributed by atoms with Gasteiger partial charge >= 0.3 is 0 Å². The molecule has 2 aromatic rings. The standard InChI is InChI=1S/C22H24F3N3O/c1-16(22(29)26-19-10-9-18(23)20(24)21(19)25)28-14-12-27(13-15-28)11-5-8-17-6-3-2-4-7-17/h2-10,16H,11-15H2,1H3,(H,26,29)/b8-5+/t16-/m0/s1. The molecule has 0 unspecified atom stereocenters. The van der Waals surface area contributed by atoms with Crippen LogP contribution in [0.5, 0.6) is 0 Å². The highest BCUT2D eigenvalue weighted by molar-refractivity contribution is 5.94. The molecule has 1 aliphatic rings. The van der Waals surface area contributed by atoms with Crippen molar-refractivity contribution in [3.63, 3.8) is 0 Å². The van der Waals surface area contributed by atoms with Crippen LogP contribution in [0.15, 0.2) is 48.5 Å². The van der Waals surface area contributed by atoms with E-state index in [0.29, 0.717) is 13.1 Å². The third kappa shape index (κ3) is 5.46. The number of carbonyl (C=O) groups excluding carboxylic acids is 1. The lowest BCUT2D eigenvalue weighted by atomic mass is 10.2. The zero-order valence-corrected chi connectivity index (χ0v) is 16.2. The van der Waals surface area contributed by atoms with Gasteiger partial charge in [-0.1, -0.05) is 42.5 Å². The Morgan fingerprint density at radius 3 is 2.41 bits per heavy atom. The van der Waals surface area contributed by atoms with Crippen molar-refractivity contribution in [3.05, 3.63) is 71.6 Å². The van der Waals surface area contributed by atoms with Crippen LogP contribution in [0.3, 0.4) is 0 Å². The molecule has 0 bridgehead atoms. The number of anilines is 1. The van der Waals surface area contributed by atoms with E-state index in [0.717, 1.165) is 37.3 Å². The lowest BCUT2D eigenvalue weighted by Gasteiger charge is -2.37. The molecule has 154 valence electrons. The highest BCUT2D eigenvalue weighted by Crippen LogP contribution is 2.20. The zero-order valence-electron chi connectivity index (χ0n) is 16.2. The van der Waals surface area contributed by atoms with Crippen LogP contribution in [-0.4, -0.2) is 54.5 Å². The third-order valence-corrected chi connectivity index (χ3v) is 5.10. The van der Waals surface area contributed by atoms with E-state index < -0.39 is 29.4 Å². The fourth-order valence-electron chi connectivity index (χ4n) is 3.26. The summed E-state index contributed by atoms with van der Waals surface area (Å²) in [6, 6.07) is 11.4. The Hall–Kier alpha value is -2.64. The molecule has 1 fully saturated rings. The number of rotatable bonds is 6. The molecular formula is C22H24F3N3O. The minimum absolute atomic E-state index is 0.356. The summed E-state index contributed by atoms with van der Waals surface area (Å²) < 4.78 is 40.1. The van der Waals surface area contributed by atoms with Crippen LogP contribution in [0.2, 0.25) is 0 Å². The van der Waals surface area contributed by atoms with Gasteiger partial charge in [0.05, 0.1) is 11.7 Å². The molecule has 29 heavy (non-hydrogen) atoms. The van der Waals surface area contributed by atoms with Crippen molar-refractivity contribution >= 4 is 17.7 Å². The topological polar surface area (TPSA) is 35.6 Å². The summed E-state index contributed by atoms with van der Waals surface area (Å²) in [7, 11) is 0. The van der Waals surface area contributed by atoms with Crippen molar-refractivity contribution in [2.75, 3.05) is 38.0 Å². The van der Waals surface area contributed by atoms with Gasteiger partial charge in [-0.25, -0.2) is 13.2 Å². The smallest absolute Gasteiger partial charge is 0.241 e. The molecule has 1 heterocycles. The fraction of sp³-hybridized carbons (Fsp3) is 0.318. The van der Waals surface area contributed by atoms with Crippen LogP contribution in [0, 0.1) is 17.5 Å². The van der Waals surface area contributed by atoms with Crippen molar-refractivity contribution in [3.8, 4) is 0 Å². The maximum Gasteiger partial charge on any atom is 0.241 e. The molecule has 1 saturated heterocycles. The number of halogens is 3. The molecule has 4 nitrogen and oxygen atoms in total. The molecule has 3 rings (SSSR count). The minimum Gasteiger partial charge on any atom is -0.322 e. The molecule has 0 aromatic heterocycles. The van der Waals surface area contributed by atoms with E-state index in [1.54, 1.807) is 6.92 Å². The van der Waals surface area contributed by atoms with Crippen LogP contribution >= 0.6 is 0 Å². The Kier molecular flexibility index (Phi) is 7.06. The Morgan fingerprint density at radius 1 is 1.03 bits per heavy atom. The Labute approximate surface area is 168 Å². The van der Waals surface area contributed by atoms with Crippen molar-refractivity contribution in [1.29, 1.82) is 0 Å². The summed E-state index contributed by atoms with van der Waals surface area (Å²) in [4.78, 5) is 16.7. The number of hydrogen-bond acceptors (Lipinski definition) is 3. The van der Waals surface area contributed by atoms with Gasteiger partial charge in [0.2, 0.25) is 5.91 Å². The van der Waals surface area contributed by atoms with Crippen LogP contribution < -0.4 is 5.32 Å². The first-order valence-corrected chi connectivity index (χ1v) is 9.58. The molecule has 1 N–H and O–H groups in total. The fourth-order valence-corrected chi connectivity index (χ4v) is 3.26. The molecule has 7 heteroatoms. The van der Waals surface area contributed by atoms with E-state index in [1.807, 2.05) is 35.2 Å². The number of nitrogens with one attached hydrogen (secondary N) is 1. The molecule has 1 amide bonds. The third-order valence-electron chi connectivity index (χ3n) is 5.10. The van der Waals surface area contributed by atoms with Gasteiger partial charge in [-0.15, -0.1) is 0 Å². The van der Waals surface area contributed by atoms with E-state index >= 15 is 0 Å². The predicted molar refractivity (Wildman–Crippen MR) is 108 cm³/mol. The van der Waals surface area contributed by atoms with Crippen LogP contribution in [0.4, 0.5) is 18.9 Å². The first kappa shape index (κ1) is 21.1. The van der Waals surface area contributed by atoms with Crippen LogP contribution in [-0.2, 0) is 4.79 Å². The molecule has 0 radical (unpaired) electrons. The number of hydrogen-bond donors (Lipinski definition) is 1. The number of carbonyl (C=O) groups is 1. The van der Waals surface area contributed by atoms with Gasteiger partial charge in [-0.3, -0.25) is 14.6 Å². The average molecular weight is 403 g/mol. The number of benzene rings is 2. The van der Waals surface area contributed by atoms with Crippen LogP contribution in [0.1, 0.15) is 12.5 Å². The van der Waals surface area contributed by atoms with Crippen LogP contribution in [0.25, 0.3) is 6.08 Å². The summed E-state index contributed by atoms with van der Waals surface area (Å²) in [5, 5.41) is 2.35. The van der Waals surface area contributed by atoms with Crippen molar-refractivity contribution in [1.82, 2.24) is 9.80 Å². The first-order chi connectivity index (χ1) is 14.0. The zero-order chi connectivity index (χ0) is 20.8. The first-order valence-electron chi connectivity index (χ1n) is 9.58. The summed E-state index contributed by atoms with van der Waals surface area (Å²) in [5.41, 5.74) is 0.798. The van der Waals surface area contributed by atoms with Crippen molar-refractivity contribution < 1.29 is 18.0 Å². The van der Waals surface area contributed by atoms with Gasteiger partial charge in [-0.05, 0) is 24.6 Å². The van der Waals surface area contributed by atoms with E-state index in [-0.39, 0.29) is 5.69 Å². The number of nitrogens with zero attached hydrogens (tertiary/aromatic N) is 2. The predicted octanol–water partition coefficient (Wildman–Crippen LogP) is 3.76. The second-order valence-electron chi connectivity index (χ2n) is 7.04. The SMILES string of the molecule is C[C@@H](C(=O)Nc1ccc(F)c(F)c1F)N1CCN(C/C=C/c2ccccc2)CC1. The highest BCUT2D eigenvalue weighted by Gasteiger charge is 2.26. The van der Waals surface area contributed by atoms with Gasteiger partial charge in [0.1, 0.15) is 0 Å². The summed E-state index contributed by atoms with van der Waals surface area (Å²) in [5.74, 6) is -4.72. The van der Waals surface area contributed by atoms with E-state index in [4.69, 9.17) is 0 Å². The molecular weight excluding hydrogens is 379 g/mol. The Balaban J connectivity index is 1.48. The average Bonchev–Trinajstić information content (AvgIpc) is 2.75. The second-order valence-corrected chi connectivity index (χ2v) is 7.04. The van der Waals surface area contributed by atoms with Crippen molar-refractivity contribution in [2.45, 2.75) is 13.0 Å². The van der Waals surface area contributed by atoms with Gasteiger partial charge in [0.15, 0.2) is 17.5 Å². The lowest BCUT2D eigenvalue weighted by molar-refractivity contribution is -0.121. The minimum atomic E-state index is -1.59. The summed E-state index contributed by atoms with van der Waals surface area (Å²) in [6.45, 7) is 5.52. The van der Waals surface area contributed by atoms with Gasteiger partial charge in [0, 0.05) is 32.7 Å². The number of amides is 1. The van der Waals surface area contributed by atoms with Crippen molar-refractivity contribution in [2.24, 2.45) is 0 Å². The maximum atomic E-state index is 13.8. The van der Waals surface area contributed by atoms with E-state index in [1.165, 1.54) is 0 Å². The molecule has 0 saturated carbocycles. The Bertz CT molecular complexity index is 865. The molecule has 0 aliphatic carbocycles. The maximum absolute atomic E-state index is 13.8.